The maximum Gasteiger partial charge on any atom is 0.276 e. The number of nitrogens with zero attached hydrogens (tertiary/aromatic N) is 2. The van der Waals surface area contributed by atoms with E-state index in [0.29, 0.717) is 10.7 Å². The van der Waals surface area contributed by atoms with Crippen molar-refractivity contribution >= 4 is 34.8 Å². The second-order valence-corrected chi connectivity index (χ2v) is 6.04. The van der Waals surface area contributed by atoms with Crippen LogP contribution in [0.5, 0.6) is 0 Å². The first-order valence-electron chi connectivity index (χ1n) is 7.42. The molecular weight excluding hydrogens is 361 g/mol. The van der Waals surface area contributed by atoms with Crippen molar-refractivity contribution in [3.63, 3.8) is 0 Å². The van der Waals surface area contributed by atoms with Crippen LogP contribution in [0.4, 0.5) is 5.69 Å². The summed E-state index contributed by atoms with van der Waals surface area (Å²) >= 11 is 12.0. The van der Waals surface area contributed by atoms with E-state index in [9.17, 15) is 9.59 Å². The fourth-order valence-electron chi connectivity index (χ4n) is 2.23. The molecule has 0 bridgehead atoms. The number of rotatable bonds is 4. The number of benzene rings is 2. The number of carbonyl (C=O) groups is 1. The Balaban J connectivity index is 1.85. The molecule has 5 nitrogen and oxygen atoms in total. The fraction of sp³-hybridized carbons (Fsp3) is 0.0556. The zero-order chi connectivity index (χ0) is 17.8. The van der Waals surface area contributed by atoms with Gasteiger partial charge in [0, 0.05) is 6.07 Å². The van der Waals surface area contributed by atoms with E-state index >= 15 is 0 Å². The number of halogens is 2. The molecule has 0 saturated heterocycles. The minimum absolute atomic E-state index is 0.103. The molecule has 1 amide bonds. The maximum atomic E-state index is 12.4. The minimum atomic E-state index is -0.481. The lowest BCUT2D eigenvalue weighted by Gasteiger charge is -2.09. The van der Waals surface area contributed by atoms with E-state index in [1.165, 1.54) is 16.8 Å². The van der Waals surface area contributed by atoms with E-state index < -0.39 is 5.91 Å². The van der Waals surface area contributed by atoms with Crippen molar-refractivity contribution in [2.75, 3.05) is 5.32 Å². The number of amides is 1. The topological polar surface area (TPSA) is 64.0 Å². The molecule has 0 spiro atoms. The third-order valence-electron chi connectivity index (χ3n) is 3.47. The molecule has 25 heavy (non-hydrogen) atoms. The third-order valence-corrected chi connectivity index (χ3v) is 4.29. The number of hydrogen-bond acceptors (Lipinski definition) is 3. The second-order valence-electron chi connectivity index (χ2n) is 5.26. The molecular formula is C18H13Cl2N3O2. The molecule has 0 saturated carbocycles. The SMILES string of the molecule is O=C(Nc1cccc(Cl)c1Cl)c1ccc(=O)n(Cc2ccccc2)n1. The Morgan fingerprint density at radius 3 is 2.52 bits per heavy atom. The van der Waals surface area contributed by atoms with Gasteiger partial charge in [-0.2, -0.15) is 5.10 Å². The lowest BCUT2D eigenvalue weighted by molar-refractivity contribution is 0.102. The van der Waals surface area contributed by atoms with Crippen molar-refractivity contribution in [2.45, 2.75) is 6.54 Å². The number of nitrogens with one attached hydrogen (secondary N) is 1. The number of aromatic nitrogens is 2. The summed E-state index contributed by atoms with van der Waals surface area (Å²) in [5, 5.41) is 7.36. The maximum absolute atomic E-state index is 12.4. The van der Waals surface area contributed by atoms with Crippen LogP contribution in [0, 0.1) is 0 Å². The Morgan fingerprint density at radius 1 is 1.00 bits per heavy atom. The largest absolute Gasteiger partial charge is 0.319 e. The van der Waals surface area contributed by atoms with Gasteiger partial charge in [0.25, 0.3) is 11.5 Å². The summed E-state index contributed by atoms with van der Waals surface area (Å²) in [6, 6.07) is 17.0. The van der Waals surface area contributed by atoms with E-state index in [4.69, 9.17) is 23.2 Å². The molecule has 1 N–H and O–H groups in total. The van der Waals surface area contributed by atoms with Crippen LogP contribution < -0.4 is 10.9 Å². The van der Waals surface area contributed by atoms with Crippen molar-refractivity contribution in [3.05, 3.63) is 92.3 Å². The van der Waals surface area contributed by atoms with Gasteiger partial charge in [0.1, 0.15) is 5.69 Å². The first-order chi connectivity index (χ1) is 12.0. The van der Waals surface area contributed by atoms with Crippen molar-refractivity contribution in [3.8, 4) is 0 Å². The van der Waals surface area contributed by atoms with E-state index in [0.717, 1.165) is 5.56 Å². The average molecular weight is 374 g/mol. The molecule has 1 heterocycles. The molecule has 3 aromatic rings. The van der Waals surface area contributed by atoms with Crippen LogP contribution in [0.15, 0.2) is 65.5 Å². The van der Waals surface area contributed by atoms with Crippen LogP contribution in [-0.2, 0) is 6.54 Å². The summed E-state index contributed by atoms with van der Waals surface area (Å²) in [7, 11) is 0. The van der Waals surface area contributed by atoms with Gasteiger partial charge in [0.2, 0.25) is 0 Å². The van der Waals surface area contributed by atoms with Crippen LogP contribution in [0.25, 0.3) is 0 Å². The monoisotopic (exact) mass is 373 g/mol. The Bertz CT molecular complexity index is 972. The van der Waals surface area contributed by atoms with Gasteiger partial charge in [0.15, 0.2) is 0 Å². The molecule has 0 unspecified atom stereocenters. The van der Waals surface area contributed by atoms with Gasteiger partial charge in [-0.3, -0.25) is 9.59 Å². The van der Waals surface area contributed by atoms with Gasteiger partial charge in [-0.15, -0.1) is 0 Å². The van der Waals surface area contributed by atoms with Crippen LogP contribution in [-0.4, -0.2) is 15.7 Å². The average Bonchev–Trinajstić information content (AvgIpc) is 2.61. The highest BCUT2D eigenvalue weighted by Crippen LogP contribution is 2.29. The van der Waals surface area contributed by atoms with Crippen molar-refractivity contribution in [1.29, 1.82) is 0 Å². The molecule has 7 heteroatoms. The van der Waals surface area contributed by atoms with Crippen molar-refractivity contribution < 1.29 is 4.79 Å². The number of carbonyl (C=O) groups excluding carboxylic acids is 1. The predicted molar refractivity (Wildman–Crippen MR) is 98.5 cm³/mol. The van der Waals surface area contributed by atoms with Gasteiger partial charge in [0.05, 0.1) is 22.3 Å². The Hall–Kier alpha value is -2.63. The van der Waals surface area contributed by atoms with Gasteiger partial charge in [-0.25, -0.2) is 4.68 Å². The van der Waals surface area contributed by atoms with Gasteiger partial charge >= 0.3 is 0 Å². The molecule has 0 atom stereocenters. The third kappa shape index (κ3) is 4.07. The highest BCUT2D eigenvalue weighted by molar-refractivity contribution is 6.44. The standard InChI is InChI=1S/C18H13Cl2N3O2/c19-13-7-4-8-14(17(13)20)21-18(25)15-9-10-16(24)23(22-15)11-12-5-2-1-3-6-12/h1-10H,11H2,(H,21,25). The fourth-order valence-corrected chi connectivity index (χ4v) is 2.57. The number of hydrogen-bond donors (Lipinski definition) is 1. The molecule has 3 rings (SSSR count). The number of anilines is 1. The van der Waals surface area contributed by atoms with Crippen LogP contribution in [0.3, 0.4) is 0 Å². The van der Waals surface area contributed by atoms with E-state index in [-0.39, 0.29) is 22.8 Å². The van der Waals surface area contributed by atoms with E-state index in [2.05, 4.69) is 10.4 Å². The van der Waals surface area contributed by atoms with Gasteiger partial charge in [-0.1, -0.05) is 59.6 Å². The zero-order valence-electron chi connectivity index (χ0n) is 12.9. The first kappa shape index (κ1) is 17.2. The van der Waals surface area contributed by atoms with Crippen LogP contribution in [0.1, 0.15) is 16.1 Å². The molecule has 126 valence electrons. The lowest BCUT2D eigenvalue weighted by Crippen LogP contribution is -2.26. The first-order valence-corrected chi connectivity index (χ1v) is 8.17. The molecule has 2 aromatic carbocycles. The van der Waals surface area contributed by atoms with Crippen LogP contribution in [0.2, 0.25) is 10.0 Å². The minimum Gasteiger partial charge on any atom is -0.319 e. The van der Waals surface area contributed by atoms with Crippen molar-refractivity contribution in [2.24, 2.45) is 0 Å². The summed E-state index contributed by atoms with van der Waals surface area (Å²) in [4.78, 5) is 24.4. The molecule has 0 aliphatic rings. The summed E-state index contributed by atoms with van der Waals surface area (Å²) < 4.78 is 1.24. The molecule has 0 aliphatic carbocycles. The molecule has 0 radical (unpaired) electrons. The van der Waals surface area contributed by atoms with Gasteiger partial charge in [-0.05, 0) is 23.8 Å². The quantitative estimate of drug-likeness (QED) is 0.755. The smallest absolute Gasteiger partial charge is 0.276 e. The summed E-state index contributed by atoms with van der Waals surface area (Å²) in [6.07, 6.45) is 0. The molecule has 1 aromatic heterocycles. The summed E-state index contributed by atoms with van der Waals surface area (Å²) in [6.45, 7) is 0.277. The highest BCUT2D eigenvalue weighted by Gasteiger charge is 2.13. The zero-order valence-corrected chi connectivity index (χ0v) is 14.5. The normalized spacial score (nSPS) is 10.5. The Labute approximate surface area is 153 Å². The van der Waals surface area contributed by atoms with Crippen LogP contribution >= 0.6 is 23.2 Å². The Morgan fingerprint density at radius 2 is 1.76 bits per heavy atom. The summed E-state index contributed by atoms with van der Waals surface area (Å²) in [5.74, 6) is -0.481. The molecule has 0 fully saturated rings. The highest BCUT2D eigenvalue weighted by atomic mass is 35.5. The van der Waals surface area contributed by atoms with Crippen molar-refractivity contribution in [1.82, 2.24) is 9.78 Å². The second kappa shape index (κ2) is 7.51. The van der Waals surface area contributed by atoms with E-state index in [1.807, 2.05) is 30.3 Å². The van der Waals surface area contributed by atoms with Gasteiger partial charge < -0.3 is 5.32 Å². The molecule has 0 aliphatic heterocycles. The van der Waals surface area contributed by atoms with E-state index in [1.54, 1.807) is 18.2 Å². The predicted octanol–water partition coefficient (Wildman–Crippen LogP) is 3.85. The summed E-state index contributed by atoms with van der Waals surface area (Å²) in [5.41, 5.74) is 1.10. The Kier molecular flexibility index (Phi) is 5.16. The lowest BCUT2D eigenvalue weighted by atomic mass is 10.2.